The first-order valence-electron chi connectivity index (χ1n) is 8.92. The van der Waals surface area contributed by atoms with Gasteiger partial charge < -0.3 is 14.6 Å². The van der Waals surface area contributed by atoms with Gasteiger partial charge in [-0.1, -0.05) is 34.6 Å². The highest BCUT2D eigenvalue weighted by atomic mass is 16.6. The van der Waals surface area contributed by atoms with E-state index in [2.05, 4.69) is 0 Å². The summed E-state index contributed by atoms with van der Waals surface area (Å²) in [6.45, 7) is 10.9. The Hall–Kier alpha value is -1.60. The second-order valence-electron chi connectivity index (χ2n) is 7.35. The lowest BCUT2D eigenvalue weighted by molar-refractivity contribution is -0.176. The molecular weight excluding hydrogens is 340 g/mol. The van der Waals surface area contributed by atoms with E-state index in [4.69, 9.17) is 9.47 Å². The summed E-state index contributed by atoms with van der Waals surface area (Å²) in [7, 11) is 0. The zero-order valence-electron chi connectivity index (χ0n) is 16.7. The van der Waals surface area contributed by atoms with Gasteiger partial charge >= 0.3 is 5.97 Å². The molecule has 1 N–H and O–H groups in total. The Bertz CT molecular complexity index is 492. The Kier molecular flexibility index (Phi) is 10.5. The molecule has 150 valence electrons. The average molecular weight is 372 g/mol. The number of hydrogen-bond donors (Lipinski definition) is 1. The van der Waals surface area contributed by atoms with Crippen LogP contribution in [-0.4, -0.2) is 47.9 Å². The Morgan fingerprint density at radius 1 is 1.15 bits per heavy atom. The number of esters is 1. The molecule has 1 saturated carbocycles. The fourth-order valence-electron chi connectivity index (χ4n) is 2.02. The van der Waals surface area contributed by atoms with Gasteiger partial charge in [-0.3, -0.25) is 19.2 Å². The molecule has 0 heterocycles. The molecule has 7 heteroatoms. The van der Waals surface area contributed by atoms with Crippen LogP contribution < -0.4 is 0 Å². The standard InChI is InChI=1S/C12H22O5.C7H10O2/c1-5-12(3,4)11(15)17-7-6-16-10(14)8-9(2)13;1-4-5(2)7(9)3-6(4)8/h11,15H,5-8H2,1-4H3;4-5H,3H2,1-2H3/t11-;/m1./s1. The van der Waals surface area contributed by atoms with Gasteiger partial charge in [0, 0.05) is 17.3 Å². The number of rotatable bonds is 8. The molecule has 26 heavy (non-hydrogen) atoms. The highest BCUT2D eigenvalue weighted by Gasteiger charge is 2.34. The van der Waals surface area contributed by atoms with Gasteiger partial charge in [0.2, 0.25) is 0 Å². The average Bonchev–Trinajstić information content (AvgIpc) is 2.77. The van der Waals surface area contributed by atoms with Gasteiger partial charge in [0.15, 0.2) is 6.29 Å². The number of Topliss-reactive ketones (excluding diaryl/α,β-unsaturated/α-hetero) is 3. The lowest BCUT2D eigenvalue weighted by Crippen LogP contribution is -2.32. The number of aliphatic hydroxyl groups excluding tert-OH is 1. The van der Waals surface area contributed by atoms with Crippen LogP contribution in [0.2, 0.25) is 0 Å². The molecular formula is C19H32O7. The van der Waals surface area contributed by atoms with Crippen molar-refractivity contribution in [2.75, 3.05) is 13.2 Å². The van der Waals surface area contributed by atoms with E-state index in [1.807, 2.05) is 34.6 Å². The molecule has 0 bridgehead atoms. The number of carbonyl (C=O) groups excluding carboxylic acids is 4. The highest BCUT2D eigenvalue weighted by molar-refractivity contribution is 6.08. The summed E-state index contributed by atoms with van der Waals surface area (Å²) in [5.74, 6) is -0.650. The summed E-state index contributed by atoms with van der Waals surface area (Å²) in [6, 6.07) is 0. The number of carbonyl (C=O) groups is 4. The largest absolute Gasteiger partial charge is 0.463 e. The summed E-state index contributed by atoms with van der Waals surface area (Å²) in [6.07, 6.45) is -0.164. The normalized spacial score (nSPS) is 21.0. The Morgan fingerprint density at radius 2 is 1.65 bits per heavy atom. The van der Waals surface area contributed by atoms with Crippen LogP contribution in [0.25, 0.3) is 0 Å². The van der Waals surface area contributed by atoms with Crippen LogP contribution in [-0.2, 0) is 28.7 Å². The van der Waals surface area contributed by atoms with Crippen molar-refractivity contribution >= 4 is 23.3 Å². The topological polar surface area (TPSA) is 107 Å². The predicted octanol–water partition coefficient (Wildman–Crippen LogP) is 2.08. The third kappa shape index (κ3) is 8.67. The van der Waals surface area contributed by atoms with Crippen LogP contribution in [0.5, 0.6) is 0 Å². The first-order valence-corrected chi connectivity index (χ1v) is 8.92. The van der Waals surface area contributed by atoms with Gasteiger partial charge in [-0.05, 0) is 13.3 Å². The zero-order chi connectivity index (χ0) is 20.5. The van der Waals surface area contributed by atoms with Crippen molar-refractivity contribution in [3.05, 3.63) is 0 Å². The van der Waals surface area contributed by atoms with Gasteiger partial charge in [-0.2, -0.15) is 0 Å². The van der Waals surface area contributed by atoms with Crippen molar-refractivity contribution in [2.24, 2.45) is 17.3 Å². The van der Waals surface area contributed by atoms with Crippen LogP contribution in [0.1, 0.15) is 60.8 Å². The molecule has 0 spiro atoms. The van der Waals surface area contributed by atoms with Gasteiger partial charge in [0.1, 0.15) is 30.4 Å². The van der Waals surface area contributed by atoms with Gasteiger partial charge in [-0.15, -0.1) is 0 Å². The molecule has 0 aromatic rings. The fourth-order valence-corrected chi connectivity index (χ4v) is 2.02. The van der Waals surface area contributed by atoms with Crippen LogP contribution >= 0.6 is 0 Å². The lowest BCUT2D eigenvalue weighted by atomic mass is 9.90. The van der Waals surface area contributed by atoms with Gasteiger partial charge in [0.05, 0.1) is 13.0 Å². The zero-order valence-corrected chi connectivity index (χ0v) is 16.7. The molecule has 1 fully saturated rings. The summed E-state index contributed by atoms with van der Waals surface area (Å²) < 4.78 is 9.90. The minimum atomic E-state index is -0.890. The molecule has 1 aliphatic rings. The Balaban J connectivity index is 0.000000577. The first-order chi connectivity index (χ1) is 11.9. The first kappa shape index (κ1) is 24.4. The minimum absolute atomic E-state index is 0.0301. The Morgan fingerprint density at radius 3 is 2.00 bits per heavy atom. The molecule has 1 aliphatic carbocycles. The van der Waals surface area contributed by atoms with Crippen LogP contribution in [0.3, 0.4) is 0 Å². The van der Waals surface area contributed by atoms with E-state index in [1.165, 1.54) is 6.92 Å². The van der Waals surface area contributed by atoms with E-state index in [0.29, 0.717) is 0 Å². The lowest BCUT2D eigenvalue weighted by Gasteiger charge is -2.28. The second-order valence-corrected chi connectivity index (χ2v) is 7.35. The number of hydrogen-bond acceptors (Lipinski definition) is 7. The smallest absolute Gasteiger partial charge is 0.313 e. The molecule has 0 amide bonds. The summed E-state index contributed by atoms with van der Waals surface area (Å²) in [4.78, 5) is 43.1. The van der Waals surface area contributed by atoms with E-state index < -0.39 is 12.3 Å². The summed E-state index contributed by atoms with van der Waals surface area (Å²) in [5.41, 5.74) is -0.330. The Labute approximate surface area is 155 Å². The molecule has 2 unspecified atom stereocenters. The molecule has 0 aromatic carbocycles. The molecule has 0 aromatic heterocycles. The highest BCUT2D eigenvalue weighted by Crippen LogP contribution is 2.25. The maximum absolute atomic E-state index is 11.0. The van der Waals surface area contributed by atoms with Crippen molar-refractivity contribution in [1.29, 1.82) is 0 Å². The van der Waals surface area contributed by atoms with E-state index in [1.54, 1.807) is 0 Å². The van der Waals surface area contributed by atoms with Crippen LogP contribution in [0.4, 0.5) is 0 Å². The number of ketones is 3. The molecule has 0 saturated heterocycles. The van der Waals surface area contributed by atoms with Crippen molar-refractivity contribution in [3.63, 3.8) is 0 Å². The molecule has 7 nitrogen and oxygen atoms in total. The quantitative estimate of drug-likeness (QED) is 0.301. The fraction of sp³-hybridized carbons (Fsp3) is 0.789. The maximum atomic E-state index is 11.0. The minimum Gasteiger partial charge on any atom is -0.463 e. The van der Waals surface area contributed by atoms with E-state index in [0.717, 1.165) is 6.42 Å². The van der Waals surface area contributed by atoms with Crippen molar-refractivity contribution in [1.82, 2.24) is 0 Å². The number of ether oxygens (including phenoxy) is 2. The second kappa shape index (κ2) is 11.2. The van der Waals surface area contributed by atoms with Crippen LogP contribution in [0.15, 0.2) is 0 Å². The molecule has 0 radical (unpaired) electrons. The van der Waals surface area contributed by atoms with Crippen molar-refractivity contribution in [2.45, 2.75) is 67.1 Å². The van der Waals surface area contributed by atoms with Crippen LogP contribution in [0, 0.1) is 17.3 Å². The van der Waals surface area contributed by atoms with Gasteiger partial charge in [-0.25, -0.2) is 0 Å². The van der Waals surface area contributed by atoms with Gasteiger partial charge in [0.25, 0.3) is 0 Å². The molecule has 0 aliphatic heterocycles. The maximum Gasteiger partial charge on any atom is 0.313 e. The van der Waals surface area contributed by atoms with E-state index in [-0.39, 0.29) is 60.7 Å². The third-order valence-electron chi connectivity index (χ3n) is 4.71. The number of aliphatic hydroxyl groups is 1. The molecule has 1 rings (SSSR count). The van der Waals surface area contributed by atoms with E-state index >= 15 is 0 Å². The summed E-state index contributed by atoms with van der Waals surface area (Å²) in [5, 5.41) is 9.67. The SMILES string of the molecule is CC1C(=O)CC(=O)C1C.CCC(C)(C)[C@H](O)OCCOC(=O)CC(C)=O. The van der Waals surface area contributed by atoms with Crippen molar-refractivity contribution < 1.29 is 33.8 Å². The van der Waals surface area contributed by atoms with Crippen molar-refractivity contribution in [3.8, 4) is 0 Å². The molecule has 3 atom stereocenters. The summed E-state index contributed by atoms with van der Waals surface area (Å²) >= 11 is 0. The van der Waals surface area contributed by atoms with E-state index in [9.17, 15) is 24.3 Å². The predicted molar refractivity (Wildman–Crippen MR) is 95.2 cm³/mol. The third-order valence-corrected chi connectivity index (χ3v) is 4.71. The monoisotopic (exact) mass is 372 g/mol.